The summed E-state index contributed by atoms with van der Waals surface area (Å²) in [4.78, 5) is 23.0. The van der Waals surface area contributed by atoms with Gasteiger partial charge in [-0.1, -0.05) is 71.1 Å². The van der Waals surface area contributed by atoms with Crippen molar-refractivity contribution in [3.63, 3.8) is 0 Å². The predicted octanol–water partition coefficient (Wildman–Crippen LogP) is 6.60. The van der Waals surface area contributed by atoms with Gasteiger partial charge in [-0.15, -0.1) is 0 Å². The second kappa shape index (κ2) is 17.1. The minimum Gasteiger partial charge on any atom is -0.463 e. The topological polar surface area (TPSA) is 52.6 Å². The average Bonchev–Trinajstić information content (AvgIpc) is 2.54. The first-order valence-corrected chi connectivity index (χ1v) is 11.2. The van der Waals surface area contributed by atoms with Crippen molar-refractivity contribution in [1.82, 2.24) is 0 Å². The minimum atomic E-state index is -0.0608. The van der Waals surface area contributed by atoms with Gasteiger partial charge in [-0.25, -0.2) is 0 Å². The van der Waals surface area contributed by atoms with Gasteiger partial charge in [-0.3, -0.25) is 9.59 Å². The Labute approximate surface area is 167 Å². The van der Waals surface area contributed by atoms with Crippen LogP contribution in [0.15, 0.2) is 0 Å². The summed E-state index contributed by atoms with van der Waals surface area (Å²) in [6, 6.07) is 0. The van der Waals surface area contributed by atoms with Crippen molar-refractivity contribution in [2.75, 3.05) is 0 Å². The fourth-order valence-corrected chi connectivity index (χ4v) is 3.20. The van der Waals surface area contributed by atoms with Gasteiger partial charge >= 0.3 is 11.9 Å². The van der Waals surface area contributed by atoms with Gasteiger partial charge < -0.3 is 9.47 Å². The van der Waals surface area contributed by atoms with Crippen LogP contribution in [0.3, 0.4) is 0 Å². The lowest BCUT2D eigenvalue weighted by atomic mass is 9.99. The van der Waals surface area contributed by atoms with Crippen molar-refractivity contribution in [2.45, 2.75) is 130 Å². The summed E-state index contributed by atoms with van der Waals surface area (Å²) in [7, 11) is 0. The molecule has 27 heavy (non-hydrogen) atoms. The Balaban J connectivity index is 3.31. The zero-order chi connectivity index (χ0) is 20.5. The molecule has 160 valence electrons. The number of esters is 2. The summed E-state index contributed by atoms with van der Waals surface area (Å²) in [6.45, 7) is 9.72. The zero-order valence-corrected chi connectivity index (χ0v) is 18.6. The second-order valence-electron chi connectivity index (χ2n) is 8.46. The van der Waals surface area contributed by atoms with Crippen LogP contribution < -0.4 is 0 Å². The molecule has 0 fully saturated rings. The van der Waals surface area contributed by atoms with Gasteiger partial charge in [0.05, 0.1) is 12.2 Å². The highest BCUT2D eigenvalue weighted by atomic mass is 16.5. The molecule has 0 amide bonds. The van der Waals surface area contributed by atoms with E-state index in [0.717, 1.165) is 19.3 Å². The smallest absolute Gasteiger partial charge is 0.306 e. The molecule has 0 aliphatic heterocycles. The third-order valence-corrected chi connectivity index (χ3v) is 4.58. The SMILES string of the molecule is CC(CCCCCCCCCCCCC(=O)OC(C)C)CC(=O)OC(C)C. The van der Waals surface area contributed by atoms with Gasteiger partial charge in [0.25, 0.3) is 0 Å². The van der Waals surface area contributed by atoms with Crippen LogP contribution in [-0.4, -0.2) is 24.1 Å². The van der Waals surface area contributed by atoms with Crippen LogP contribution in [0.1, 0.15) is 118 Å². The normalized spacial score (nSPS) is 12.4. The highest BCUT2D eigenvalue weighted by Gasteiger charge is 2.11. The molecule has 0 saturated heterocycles. The maximum atomic E-state index is 11.6. The first-order chi connectivity index (χ1) is 12.8. The van der Waals surface area contributed by atoms with E-state index in [1.807, 2.05) is 27.7 Å². The van der Waals surface area contributed by atoms with Crippen molar-refractivity contribution in [3.8, 4) is 0 Å². The predicted molar refractivity (Wildman–Crippen MR) is 112 cm³/mol. The van der Waals surface area contributed by atoms with Gasteiger partial charge in [0.2, 0.25) is 0 Å². The summed E-state index contributed by atoms with van der Waals surface area (Å²) in [5.74, 6) is 0.305. The maximum Gasteiger partial charge on any atom is 0.306 e. The molecule has 4 heteroatoms. The lowest BCUT2D eigenvalue weighted by Gasteiger charge is -2.12. The van der Waals surface area contributed by atoms with Crippen LogP contribution >= 0.6 is 0 Å². The molecule has 0 spiro atoms. The second-order valence-corrected chi connectivity index (χ2v) is 8.46. The van der Waals surface area contributed by atoms with Gasteiger partial charge in [-0.05, 0) is 40.0 Å². The highest BCUT2D eigenvalue weighted by molar-refractivity contribution is 5.69. The van der Waals surface area contributed by atoms with Crippen molar-refractivity contribution in [3.05, 3.63) is 0 Å². The number of hydrogen-bond donors (Lipinski definition) is 0. The van der Waals surface area contributed by atoms with Crippen LogP contribution in [0.5, 0.6) is 0 Å². The van der Waals surface area contributed by atoms with Crippen LogP contribution in [-0.2, 0) is 19.1 Å². The van der Waals surface area contributed by atoms with Gasteiger partial charge in [-0.2, -0.15) is 0 Å². The molecular formula is C23H44O4. The maximum absolute atomic E-state index is 11.6. The van der Waals surface area contributed by atoms with Gasteiger partial charge in [0, 0.05) is 12.8 Å². The third-order valence-electron chi connectivity index (χ3n) is 4.58. The number of unbranched alkanes of at least 4 members (excludes halogenated alkanes) is 9. The van der Waals surface area contributed by atoms with Crippen LogP contribution in [0.4, 0.5) is 0 Å². The van der Waals surface area contributed by atoms with Crippen molar-refractivity contribution in [1.29, 1.82) is 0 Å². The molecule has 0 rings (SSSR count). The molecule has 0 bridgehead atoms. The Kier molecular flexibility index (Phi) is 16.4. The van der Waals surface area contributed by atoms with Crippen molar-refractivity contribution in [2.24, 2.45) is 5.92 Å². The summed E-state index contributed by atoms with van der Waals surface area (Å²) in [6.07, 6.45) is 14.5. The molecule has 0 radical (unpaired) electrons. The molecule has 0 heterocycles. The molecule has 0 aliphatic rings. The Morgan fingerprint density at radius 1 is 0.593 bits per heavy atom. The molecule has 1 unspecified atom stereocenters. The summed E-state index contributed by atoms with van der Waals surface area (Å²) < 4.78 is 10.3. The van der Waals surface area contributed by atoms with E-state index in [4.69, 9.17) is 9.47 Å². The van der Waals surface area contributed by atoms with Crippen LogP contribution in [0, 0.1) is 5.92 Å². The molecule has 0 N–H and O–H groups in total. The van der Waals surface area contributed by atoms with E-state index in [9.17, 15) is 9.59 Å². The number of carbonyl (C=O) groups is 2. The Bertz CT molecular complexity index is 377. The van der Waals surface area contributed by atoms with Gasteiger partial charge in [0.15, 0.2) is 0 Å². The Morgan fingerprint density at radius 2 is 1.00 bits per heavy atom. The van der Waals surface area contributed by atoms with Crippen molar-refractivity contribution < 1.29 is 19.1 Å². The fourth-order valence-electron chi connectivity index (χ4n) is 3.20. The molecule has 4 nitrogen and oxygen atoms in total. The molecule has 0 aliphatic carbocycles. The Morgan fingerprint density at radius 3 is 1.48 bits per heavy atom. The molecule has 0 aromatic rings. The lowest BCUT2D eigenvalue weighted by Crippen LogP contribution is -2.14. The molecule has 1 atom stereocenters. The summed E-state index contributed by atoms with van der Waals surface area (Å²) in [5.41, 5.74) is 0. The molecule has 0 saturated carbocycles. The molecular weight excluding hydrogens is 340 g/mol. The van der Waals surface area contributed by atoms with E-state index in [-0.39, 0.29) is 24.1 Å². The van der Waals surface area contributed by atoms with E-state index in [2.05, 4.69) is 6.92 Å². The highest BCUT2D eigenvalue weighted by Crippen LogP contribution is 2.16. The Hall–Kier alpha value is -1.06. The standard InChI is InChI=1S/C23H44O4/c1-19(2)26-22(24)17-15-13-11-9-7-6-8-10-12-14-16-21(5)18-23(25)27-20(3)4/h19-21H,6-18H2,1-5H3. The van der Waals surface area contributed by atoms with Crippen LogP contribution in [0.2, 0.25) is 0 Å². The fraction of sp³-hybridized carbons (Fsp3) is 0.913. The quantitative estimate of drug-likeness (QED) is 0.209. The lowest BCUT2D eigenvalue weighted by molar-refractivity contribution is -0.149. The van der Waals surface area contributed by atoms with E-state index >= 15 is 0 Å². The molecule has 0 aromatic heterocycles. The number of ether oxygens (including phenoxy) is 2. The number of hydrogen-bond acceptors (Lipinski definition) is 4. The summed E-state index contributed by atoms with van der Waals surface area (Å²) >= 11 is 0. The van der Waals surface area contributed by atoms with Crippen LogP contribution in [0.25, 0.3) is 0 Å². The van der Waals surface area contributed by atoms with E-state index in [1.54, 1.807) is 0 Å². The number of carbonyl (C=O) groups excluding carboxylic acids is 2. The van der Waals surface area contributed by atoms with E-state index in [1.165, 1.54) is 51.4 Å². The monoisotopic (exact) mass is 384 g/mol. The average molecular weight is 385 g/mol. The largest absolute Gasteiger partial charge is 0.463 e. The molecule has 0 aromatic carbocycles. The van der Waals surface area contributed by atoms with Crippen molar-refractivity contribution >= 4 is 11.9 Å². The van der Waals surface area contributed by atoms with E-state index in [0.29, 0.717) is 18.8 Å². The first kappa shape index (κ1) is 25.9. The number of rotatable bonds is 17. The zero-order valence-electron chi connectivity index (χ0n) is 18.6. The third kappa shape index (κ3) is 19.5. The summed E-state index contributed by atoms with van der Waals surface area (Å²) in [5, 5.41) is 0. The van der Waals surface area contributed by atoms with Gasteiger partial charge in [0.1, 0.15) is 0 Å². The van der Waals surface area contributed by atoms with E-state index < -0.39 is 0 Å². The first-order valence-electron chi connectivity index (χ1n) is 11.2. The minimum absolute atomic E-state index is 0.00194.